The van der Waals surface area contributed by atoms with Crippen LogP contribution in [0.3, 0.4) is 0 Å². The standard InChI is InChI=1S/C12H15N5O7S.Na/c18-4-2-13-11(19)10-1-3-16(14-10)8-5-9-7-15(6-8)12(20)17(9)24-25(21,22)23;/h1,3,5,9,18H,2,4,6-7H2,(H,13,19)(H,21,22,23);/q;+1/p-1. The molecular weight excluding hydrogens is 381 g/mol. The zero-order valence-electron chi connectivity index (χ0n) is 13.7. The predicted octanol–water partition coefficient (Wildman–Crippen LogP) is -5.04. The fourth-order valence-corrected chi connectivity index (χ4v) is 2.95. The van der Waals surface area contributed by atoms with Crippen LogP contribution in [-0.2, 0) is 14.7 Å². The summed E-state index contributed by atoms with van der Waals surface area (Å²) in [5.41, 5.74) is 0.629. The van der Waals surface area contributed by atoms with Gasteiger partial charge in [-0.25, -0.2) is 17.9 Å². The van der Waals surface area contributed by atoms with Gasteiger partial charge in [-0.2, -0.15) is 14.4 Å². The number of rotatable bonds is 6. The molecule has 1 saturated heterocycles. The Balaban J connectivity index is 0.00000243. The first-order chi connectivity index (χ1) is 11.8. The zero-order valence-corrected chi connectivity index (χ0v) is 16.5. The van der Waals surface area contributed by atoms with E-state index in [1.54, 1.807) is 0 Å². The Labute approximate surface area is 170 Å². The largest absolute Gasteiger partial charge is 1.00 e. The molecule has 1 unspecified atom stereocenters. The first-order valence-corrected chi connectivity index (χ1v) is 8.51. The van der Waals surface area contributed by atoms with Crippen LogP contribution in [0.4, 0.5) is 4.79 Å². The number of nitrogens with zero attached hydrogens (tertiary/aromatic N) is 4. The van der Waals surface area contributed by atoms with Gasteiger partial charge in [0, 0.05) is 19.3 Å². The van der Waals surface area contributed by atoms with Crippen LogP contribution in [0.2, 0.25) is 0 Å². The molecule has 2 N–H and O–H groups in total. The fourth-order valence-electron chi connectivity index (χ4n) is 2.58. The second-order valence-electron chi connectivity index (χ2n) is 5.32. The number of carbonyl (C=O) groups excluding carboxylic acids is 2. The molecule has 0 spiro atoms. The van der Waals surface area contributed by atoms with E-state index in [1.807, 2.05) is 0 Å². The predicted molar refractivity (Wildman–Crippen MR) is 79.3 cm³/mol. The van der Waals surface area contributed by atoms with Crippen molar-refractivity contribution in [1.29, 1.82) is 0 Å². The van der Waals surface area contributed by atoms with E-state index in [0.29, 0.717) is 10.8 Å². The van der Waals surface area contributed by atoms with Crippen LogP contribution in [0.25, 0.3) is 5.70 Å². The molecule has 3 rings (SSSR count). The Bertz CT molecular complexity index is 839. The van der Waals surface area contributed by atoms with Gasteiger partial charge in [-0.1, -0.05) is 0 Å². The Kier molecular flexibility index (Phi) is 6.44. The van der Waals surface area contributed by atoms with Crippen molar-refractivity contribution in [1.82, 2.24) is 25.1 Å². The number of nitrogens with one attached hydrogen (secondary N) is 1. The van der Waals surface area contributed by atoms with Crippen molar-refractivity contribution in [3.8, 4) is 0 Å². The molecule has 2 aliphatic heterocycles. The van der Waals surface area contributed by atoms with Crippen LogP contribution in [0, 0.1) is 0 Å². The number of aliphatic hydroxyl groups is 1. The summed E-state index contributed by atoms with van der Waals surface area (Å²) in [6, 6.07) is -0.0583. The smallest absolute Gasteiger partial charge is 0.724 e. The first-order valence-electron chi connectivity index (χ1n) is 7.18. The summed E-state index contributed by atoms with van der Waals surface area (Å²) in [7, 11) is -5.07. The molecule has 1 fully saturated rings. The molecule has 0 radical (unpaired) electrons. The van der Waals surface area contributed by atoms with Gasteiger partial charge in [0.25, 0.3) is 5.91 Å². The summed E-state index contributed by atoms with van der Waals surface area (Å²) in [5.74, 6) is -0.467. The molecule has 0 saturated carbocycles. The van der Waals surface area contributed by atoms with E-state index < -0.39 is 28.4 Å². The van der Waals surface area contributed by atoms with E-state index in [2.05, 4.69) is 14.7 Å². The van der Waals surface area contributed by atoms with Gasteiger partial charge in [-0.3, -0.25) is 4.79 Å². The minimum absolute atomic E-state index is 0. The quantitative estimate of drug-likeness (QED) is 0.275. The van der Waals surface area contributed by atoms with E-state index in [1.165, 1.54) is 27.9 Å². The second-order valence-corrected chi connectivity index (χ2v) is 6.29. The maximum absolute atomic E-state index is 12.0. The number of hydroxylamine groups is 2. The van der Waals surface area contributed by atoms with Gasteiger partial charge < -0.3 is 19.9 Å². The summed E-state index contributed by atoms with van der Waals surface area (Å²) in [4.78, 5) is 25.1. The van der Waals surface area contributed by atoms with Gasteiger partial charge in [0.2, 0.25) is 10.4 Å². The van der Waals surface area contributed by atoms with Crippen LogP contribution in [-0.4, -0.2) is 82.0 Å². The minimum atomic E-state index is -5.07. The van der Waals surface area contributed by atoms with E-state index in [0.717, 1.165) is 0 Å². The average Bonchev–Trinajstić information content (AvgIpc) is 3.12. The van der Waals surface area contributed by atoms with Crippen molar-refractivity contribution >= 4 is 28.0 Å². The van der Waals surface area contributed by atoms with E-state index in [4.69, 9.17) is 5.11 Å². The van der Waals surface area contributed by atoms with Crippen LogP contribution in [0.1, 0.15) is 10.5 Å². The Morgan fingerprint density at radius 1 is 1.50 bits per heavy atom. The van der Waals surface area contributed by atoms with Crippen molar-refractivity contribution in [2.24, 2.45) is 0 Å². The van der Waals surface area contributed by atoms with Crippen molar-refractivity contribution in [3.63, 3.8) is 0 Å². The van der Waals surface area contributed by atoms with Gasteiger partial charge in [0.05, 0.1) is 18.8 Å². The maximum atomic E-state index is 12.0. The first kappa shape index (κ1) is 20.8. The summed E-state index contributed by atoms with van der Waals surface area (Å²) in [5, 5.41) is 15.7. The van der Waals surface area contributed by atoms with Crippen LogP contribution >= 0.6 is 0 Å². The van der Waals surface area contributed by atoms with Crippen LogP contribution in [0.5, 0.6) is 0 Å². The molecule has 3 heterocycles. The van der Waals surface area contributed by atoms with Crippen molar-refractivity contribution in [2.75, 3.05) is 26.2 Å². The van der Waals surface area contributed by atoms with E-state index in [-0.39, 0.29) is 61.5 Å². The molecule has 0 aliphatic carbocycles. The number of hydrogen-bond acceptors (Lipinski definition) is 8. The number of aliphatic hydroxyl groups excluding tert-OH is 1. The molecule has 3 amide bonds. The van der Waals surface area contributed by atoms with Crippen molar-refractivity contribution in [3.05, 3.63) is 24.0 Å². The second kappa shape index (κ2) is 8.04. The number of amides is 3. The molecule has 1 atom stereocenters. The number of aromatic nitrogens is 2. The summed E-state index contributed by atoms with van der Waals surface area (Å²) < 4.78 is 37.8. The van der Waals surface area contributed by atoms with Crippen molar-refractivity contribution < 1.29 is 61.5 Å². The van der Waals surface area contributed by atoms with E-state index in [9.17, 15) is 22.6 Å². The molecule has 1 aromatic rings. The average molecular weight is 395 g/mol. The zero-order chi connectivity index (χ0) is 18.2. The third-order valence-electron chi connectivity index (χ3n) is 3.59. The molecule has 2 bridgehead atoms. The normalized spacial score (nSPS) is 19.2. The van der Waals surface area contributed by atoms with Gasteiger partial charge in [-0.15, -0.1) is 0 Å². The molecule has 12 nitrogen and oxygen atoms in total. The fraction of sp³-hybridized carbons (Fsp3) is 0.417. The van der Waals surface area contributed by atoms with E-state index >= 15 is 0 Å². The molecular formula is C12H14N5NaO7S. The molecule has 136 valence electrons. The number of fused-ring (bicyclic) bond motifs is 2. The number of carbonyl (C=O) groups is 2. The van der Waals surface area contributed by atoms with Gasteiger partial charge in [-0.05, 0) is 12.1 Å². The molecule has 26 heavy (non-hydrogen) atoms. The summed E-state index contributed by atoms with van der Waals surface area (Å²) in [6.45, 7) is 0.167. The topological polar surface area (TPSA) is 157 Å². The van der Waals surface area contributed by atoms with Crippen LogP contribution in [0.15, 0.2) is 18.3 Å². The van der Waals surface area contributed by atoms with Crippen molar-refractivity contribution in [2.45, 2.75) is 6.04 Å². The number of urea groups is 1. The monoisotopic (exact) mass is 395 g/mol. The Morgan fingerprint density at radius 3 is 2.88 bits per heavy atom. The number of hydrogen-bond donors (Lipinski definition) is 2. The third kappa shape index (κ3) is 4.43. The maximum Gasteiger partial charge on any atom is 1.00 e. The SMILES string of the molecule is O=C(NCCO)c1ccn(C2=CC3CN(C2)C(=O)N3OS(=O)(=O)[O-])n1.[Na+]. The van der Waals surface area contributed by atoms with Gasteiger partial charge in [0.15, 0.2) is 5.69 Å². The Hall–Kier alpha value is -1.48. The molecule has 1 aromatic heterocycles. The summed E-state index contributed by atoms with van der Waals surface area (Å²) >= 11 is 0. The minimum Gasteiger partial charge on any atom is -0.724 e. The van der Waals surface area contributed by atoms with Crippen LogP contribution < -0.4 is 34.9 Å². The third-order valence-corrected chi connectivity index (χ3v) is 3.93. The summed E-state index contributed by atoms with van der Waals surface area (Å²) in [6.07, 6.45) is 3.04. The molecule has 14 heteroatoms. The molecule has 2 aliphatic rings. The Morgan fingerprint density at radius 2 is 2.23 bits per heavy atom. The molecule has 0 aromatic carbocycles. The van der Waals surface area contributed by atoms with Gasteiger partial charge in [0.1, 0.15) is 6.04 Å². The van der Waals surface area contributed by atoms with Gasteiger partial charge >= 0.3 is 35.6 Å².